The highest BCUT2D eigenvalue weighted by Gasteiger charge is 2.29. The van der Waals surface area contributed by atoms with Gasteiger partial charge in [-0.3, -0.25) is 4.79 Å². The Bertz CT molecular complexity index is 1510. The van der Waals surface area contributed by atoms with Crippen molar-refractivity contribution in [3.05, 3.63) is 77.9 Å². The van der Waals surface area contributed by atoms with Crippen molar-refractivity contribution in [3.63, 3.8) is 0 Å². The fourth-order valence-corrected chi connectivity index (χ4v) is 7.90. The van der Waals surface area contributed by atoms with Crippen molar-refractivity contribution in [1.29, 1.82) is 0 Å². The molecule has 192 valence electrons. The Morgan fingerprint density at radius 2 is 1.92 bits per heavy atom. The number of carbonyl (C=O) groups excluding carboxylic acids is 1. The second-order valence-corrected chi connectivity index (χ2v) is 13.4. The van der Waals surface area contributed by atoms with Gasteiger partial charge in [0.25, 0.3) is 0 Å². The molecule has 10 heteroatoms. The fraction of sp³-hybridized carbons (Fsp3) is 0.296. The van der Waals surface area contributed by atoms with Crippen LogP contribution in [0.3, 0.4) is 0 Å². The molecule has 0 amide bonds. The number of nitrogens with one attached hydrogen (secondary N) is 1. The first-order valence-corrected chi connectivity index (χ1v) is 15.4. The maximum absolute atomic E-state index is 13.1. The minimum absolute atomic E-state index is 0.00682. The van der Waals surface area contributed by atoms with E-state index in [0.29, 0.717) is 29.7 Å². The van der Waals surface area contributed by atoms with Gasteiger partial charge in [0.1, 0.15) is 0 Å². The molecule has 2 heterocycles. The van der Waals surface area contributed by atoms with E-state index in [1.54, 1.807) is 30.0 Å². The molecule has 1 N–H and O–H groups in total. The number of rotatable bonds is 9. The zero-order valence-corrected chi connectivity index (χ0v) is 22.9. The second kappa shape index (κ2) is 11.3. The molecule has 1 saturated heterocycles. The van der Waals surface area contributed by atoms with Crippen LogP contribution >= 0.6 is 23.1 Å². The maximum Gasteiger partial charge on any atom is 0.243 e. The summed E-state index contributed by atoms with van der Waals surface area (Å²) < 4.78 is 28.6. The van der Waals surface area contributed by atoms with E-state index < -0.39 is 10.0 Å². The van der Waals surface area contributed by atoms with Gasteiger partial charge in [0.2, 0.25) is 15.2 Å². The van der Waals surface area contributed by atoms with Gasteiger partial charge in [-0.05, 0) is 47.2 Å². The Morgan fingerprint density at radius 3 is 2.78 bits per heavy atom. The predicted octanol–water partition coefficient (Wildman–Crippen LogP) is 5.70. The van der Waals surface area contributed by atoms with Crippen molar-refractivity contribution in [2.24, 2.45) is 5.92 Å². The summed E-state index contributed by atoms with van der Waals surface area (Å²) >= 11 is 3.00. The van der Waals surface area contributed by atoms with E-state index in [0.717, 1.165) is 22.9 Å². The van der Waals surface area contributed by atoms with Crippen molar-refractivity contribution < 1.29 is 13.2 Å². The van der Waals surface area contributed by atoms with Gasteiger partial charge in [-0.1, -0.05) is 84.6 Å². The molecule has 3 aromatic carbocycles. The van der Waals surface area contributed by atoms with Crippen LogP contribution in [0.15, 0.2) is 76.0 Å². The second-order valence-electron chi connectivity index (χ2n) is 9.22. The van der Waals surface area contributed by atoms with Crippen LogP contribution in [0.25, 0.3) is 10.8 Å². The molecule has 1 atom stereocenters. The van der Waals surface area contributed by atoms with Gasteiger partial charge < -0.3 is 5.32 Å². The standard InChI is InChI=1S/C27H28N4O3S3/c1-19-7-6-14-31(17-19)37(33,34)23-12-5-10-21(15-23)25(32)16-28-26-29-30-27(36-26)35-18-22-11-4-9-20-8-2-3-13-24(20)22/h2-5,8-13,15,19H,6-7,14,16-18H2,1H3,(H,28,29). The van der Waals surface area contributed by atoms with Crippen LogP contribution in [0, 0.1) is 5.92 Å². The highest BCUT2D eigenvalue weighted by atomic mass is 32.2. The van der Waals surface area contributed by atoms with Gasteiger partial charge in [-0.25, -0.2) is 8.42 Å². The molecule has 0 saturated carbocycles. The Hall–Kier alpha value is -2.79. The zero-order chi connectivity index (χ0) is 25.8. The summed E-state index contributed by atoms with van der Waals surface area (Å²) in [6, 6.07) is 20.9. The summed E-state index contributed by atoms with van der Waals surface area (Å²) in [4.78, 5) is 13.0. The van der Waals surface area contributed by atoms with Crippen molar-refractivity contribution in [2.45, 2.75) is 34.8 Å². The normalized spacial score (nSPS) is 16.6. The summed E-state index contributed by atoms with van der Waals surface area (Å²) in [5, 5.41) is 14.4. The monoisotopic (exact) mass is 552 g/mol. The lowest BCUT2D eigenvalue weighted by Crippen LogP contribution is -2.39. The molecule has 37 heavy (non-hydrogen) atoms. The topological polar surface area (TPSA) is 92.3 Å². The number of aromatic nitrogens is 2. The van der Waals surface area contributed by atoms with E-state index in [4.69, 9.17) is 0 Å². The van der Waals surface area contributed by atoms with E-state index in [1.807, 2.05) is 12.1 Å². The molecule has 1 aliphatic heterocycles. The van der Waals surface area contributed by atoms with E-state index in [-0.39, 0.29) is 17.2 Å². The lowest BCUT2D eigenvalue weighted by molar-refractivity contribution is 0.101. The van der Waals surface area contributed by atoms with Crippen molar-refractivity contribution in [2.75, 3.05) is 25.0 Å². The number of benzene rings is 3. The number of thioether (sulfide) groups is 1. The molecule has 0 radical (unpaired) electrons. The van der Waals surface area contributed by atoms with Gasteiger partial charge >= 0.3 is 0 Å². The Morgan fingerprint density at radius 1 is 1.11 bits per heavy atom. The van der Waals surface area contributed by atoms with Gasteiger partial charge in [0.15, 0.2) is 10.1 Å². The van der Waals surface area contributed by atoms with E-state index >= 15 is 0 Å². The van der Waals surface area contributed by atoms with Gasteiger partial charge in [-0.15, -0.1) is 10.2 Å². The number of Topliss-reactive ketones (excluding diaryl/α,β-unsaturated/α-hetero) is 1. The van der Waals surface area contributed by atoms with E-state index in [9.17, 15) is 13.2 Å². The Labute approximate surface area is 225 Å². The van der Waals surface area contributed by atoms with Crippen LogP contribution in [0.5, 0.6) is 0 Å². The third-order valence-corrected chi connectivity index (χ3v) is 10.4. The van der Waals surface area contributed by atoms with Gasteiger partial charge in [-0.2, -0.15) is 4.31 Å². The van der Waals surface area contributed by atoms with Crippen LogP contribution in [0.1, 0.15) is 35.7 Å². The summed E-state index contributed by atoms with van der Waals surface area (Å²) in [5.74, 6) is 0.898. The first-order valence-electron chi connectivity index (χ1n) is 12.2. The third-order valence-electron chi connectivity index (χ3n) is 6.45. The first-order chi connectivity index (χ1) is 17.9. The highest BCUT2D eigenvalue weighted by molar-refractivity contribution is 8.00. The first kappa shape index (κ1) is 25.8. The quantitative estimate of drug-likeness (QED) is 0.210. The van der Waals surface area contributed by atoms with Crippen LogP contribution in [-0.2, 0) is 15.8 Å². The number of nitrogens with zero attached hydrogens (tertiary/aromatic N) is 3. The summed E-state index contributed by atoms with van der Waals surface area (Å²) in [6.07, 6.45) is 1.89. The van der Waals surface area contributed by atoms with Crippen LogP contribution < -0.4 is 5.32 Å². The average Bonchev–Trinajstić information content (AvgIpc) is 3.38. The summed E-state index contributed by atoms with van der Waals surface area (Å²) in [7, 11) is -3.62. The Balaban J connectivity index is 1.19. The highest BCUT2D eigenvalue weighted by Crippen LogP contribution is 2.31. The zero-order valence-electron chi connectivity index (χ0n) is 20.5. The summed E-state index contributed by atoms with van der Waals surface area (Å²) in [6.45, 7) is 3.10. The van der Waals surface area contributed by atoms with Crippen molar-refractivity contribution >= 4 is 54.8 Å². The summed E-state index contributed by atoms with van der Waals surface area (Å²) in [5.41, 5.74) is 1.59. The number of ketones is 1. The molecule has 4 aromatic rings. The predicted molar refractivity (Wildman–Crippen MR) is 150 cm³/mol. The number of piperidine rings is 1. The van der Waals surface area contributed by atoms with E-state index in [1.165, 1.54) is 38.0 Å². The third kappa shape index (κ3) is 6.04. The molecule has 0 spiro atoms. The number of hydrogen-bond donors (Lipinski definition) is 1. The number of anilines is 1. The minimum atomic E-state index is -3.62. The molecular weight excluding hydrogens is 525 g/mol. The SMILES string of the molecule is CC1CCCN(S(=O)(=O)c2cccc(C(=O)CNc3nnc(SCc4cccc5ccccc45)s3)c2)C1. The maximum atomic E-state index is 13.1. The molecule has 0 aliphatic carbocycles. The Kier molecular flexibility index (Phi) is 7.89. The lowest BCUT2D eigenvalue weighted by Gasteiger charge is -2.30. The number of sulfonamides is 1. The largest absolute Gasteiger partial charge is 0.353 e. The van der Waals surface area contributed by atoms with E-state index in [2.05, 4.69) is 52.8 Å². The van der Waals surface area contributed by atoms with Gasteiger partial charge in [0, 0.05) is 24.4 Å². The van der Waals surface area contributed by atoms with Crippen LogP contribution in [-0.4, -0.2) is 48.3 Å². The fourth-order valence-electron chi connectivity index (χ4n) is 4.50. The number of hydrogen-bond acceptors (Lipinski definition) is 8. The number of carbonyl (C=O) groups is 1. The van der Waals surface area contributed by atoms with Gasteiger partial charge in [0.05, 0.1) is 11.4 Å². The molecule has 7 nitrogen and oxygen atoms in total. The average molecular weight is 553 g/mol. The molecule has 1 unspecified atom stereocenters. The molecular formula is C27H28N4O3S3. The smallest absolute Gasteiger partial charge is 0.243 e. The lowest BCUT2D eigenvalue weighted by atomic mass is 10.0. The van der Waals surface area contributed by atoms with Crippen LogP contribution in [0.4, 0.5) is 5.13 Å². The van der Waals surface area contributed by atoms with Crippen LogP contribution in [0.2, 0.25) is 0 Å². The molecule has 1 aromatic heterocycles. The minimum Gasteiger partial charge on any atom is -0.353 e. The molecule has 0 bridgehead atoms. The molecule has 5 rings (SSSR count). The number of fused-ring (bicyclic) bond motifs is 1. The van der Waals surface area contributed by atoms with Crippen molar-refractivity contribution in [1.82, 2.24) is 14.5 Å². The van der Waals surface area contributed by atoms with Crippen molar-refractivity contribution in [3.8, 4) is 0 Å². The molecule has 1 fully saturated rings. The molecule has 1 aliphatic rings.